The monoisotopic (exact) mass is 295 g/mol. The van der Waals surface area contributed by atoms with E-state index in [9.17, 15) is 19.3 Å². The summed E-state index contributed by atoms with van der Waals surface area (Å²) in [4.78, 5) is 22.5. The largest absolute Gasteiger partial charge is 0.327 e. The van der Waals surface area contributed by atoms with Gasteiger partial charge in [-0.15, -0.1) is 0 Å². The normalized spacial score (nSPS) is 22.4. The van der Waals surface area contributed by atoms with Crippen LogP contribution < -0.4 is 11.1 Å². The van der Waals surface area contributed by atoms with E-state index >= 15 is 0 Å². The maximum atomic E-state index is 13.1. The van der Waals surface area contributed by atoms with Crippen LogP contribution >= 0.6 is 0 Å². The number of anilines is 1. The van der Waals surface area contributed by atoms with Gasteiger partial charge in [-0.2, -0.15) is 0 Å². The number of hydrogen-bond acceptors (Lipinski definition) is 4. The first-order valence-electron chi connectivity index (χ1n) is 6.99. The van der Waals surface area contributed by atoms with Crippen molar-refractivity contribution in [3.63, 3.8) is 0 Å². The van der Waals surface area contributed by atoms with Crippen LogP contribution in [0.3, 0.4) is 0 Å². The van der Waals surface area contributed by atoms with Crippen LogP contribution in [0.2, 0.25) is 0 Å². The van der Waals surface area contributed by atoms with Crippen molar-refractivity contribution in [3.8, 4) is 0 Å². The molecule has 2 rings (SSSR count). The molecule has 1 amide bonds. The van der Waals surface area contributed by atoms with Crippen LogP contribution in [0, 0.1) is 21.8 Å². The zero-order valence-electron chi connectivity index (χ0n) is 11.5. The molecule has 7 heteroatoms. The van der Waals surface area contributed by atoms with Gasteiger partial charge in [-0.05, 0) is 25.0 Å². The van der Waals surface area contributed by atoms with E-state index in [4.69, 9.17) is 5.73 Å². The number of hydrogen-bond donors (Lipinski definition) is 2. The van der Waals surface area contributed by atoms with Crippen molar-refractivity contribution in [3.05, 3.63) is 34.1 Å². The lowest BCUT2D eigenvalue weighted by atomic mass is 9.94. The zero-order chi connectivity index (χ0) is 15.4. The summed E-state index contributed by atoms with van der Waals surface area (Å²) >= 11 is 0. The first kappa shape index (κ1) is 15.4. The van der Waals surface area contributed by atoms with Gasteiger partial charge in [-0.25, -0.2) is 4.39 Å². The molecule has 0 radical (unpaired) electrons. The molecule has 0 aromatic heterocycles. The topological polar surface area (TPSA) is 98.3 Å². The number of benzene rings is 1. The molecule has 3 N–H and O–H groups in total. The summed E-state index contributed by atoms with van der Waals surface area (Å²) in [5, 5.41) is 13.4. The van der Waals surface area contributed by atoms with Gasteiger partial charge in [0.15, 0.2) is 0 Å². The van der Waals surface area contributed by atoms with Gasteiger partial charge in [-0.3, -0.25) is 14.9 Å². The Kier molecular flexibility index (Phi) is 4.85. The summed E-state index contributed by atoms with van der Waals surface area (Å²) in [6.45, 7) is 0. The standard InChI is InChI=1S/C14H18FN3O3/c15-9-6-7-12(13(8-9)18(20)21)17-14(19)10-4-2-1-3-5-11(10)16/h6-8,10-11H,1-5,16H2,(H,17,19). The fraction of sp³-hybridized carbons (Fsp3) is 0.500. The van der Waals surface area contributed by atoms with Crippen LogP contribution in [0.15, 0.2) is 18.2 Å². The van der Waals surface area contributed by atoms with Gasteiger partial charge in [0.25, 0.3) is 5.69 Å². The Bertz CT molecular complexity index is 550. The molecule has 1 aliphatic carbocycles. The summed E-state index contributed by atoms with van der Waals surface area (Å²) in [5.74, 6) is -1.41. The number of nitrogens with zero attached hydrogens (tertiary/aromatic N) is 1. The maximum absolute atomic E-state index is 13.1. The summed E-state index contributed by atoms with van der Waals surface area (Å²) in [7, 11) is 0. The first-order chi connectivity index (χ1) is 9.99. The second kappa shape index (κ2) is 6.62. The Morgan fingerprint density at radius 2 is 2.05 bits per heavy atom. The van der Waals surface area contributed by atoms with E-state index in [1.807, 2.05) is 0 Å². The van der Waals surface area contributed by atoms with Gasteiger partial charge in [0.1, 0.15) is 11.5 Å². The van der Waals surface area contributed by atoms with E-state index in [1.54, 1.807) is 0 Å². The molecular weight excluding hydrogens is 277 g/mol. The molecule has 0 bridgehead atoms. The number of nitrogens with one attached hydrogen (secondary N) is 1. The van der Waals surface area contributed by atoms with Gasteiger partial charge in [0.2, 0.25) is 5.91 Å². The first-order valence-corrected chi connectivity index (χ1v) is 6.99. The van der Waals surface area contributed by atoms with Crippen molar-refractivity contribution in [1.82, 2.24) is 0 Å². The van der Waals surface area contributed by atoms with Gasteiger partial charge in [-0.1, -0.05) is 19.3 Å². The molecule has 114 valence electrons. The number of nitro benzene ring substituents is 1. The molecule has 1 fully saturated rings. The van der Waals surface area contributed by atoms with Crippen LogP contribution in [0.1, 0.15) is 32.1 Å². The minimum absolute atomic E-state index is 0.00264. The average molecular weight is 295 g/mol. The third-order valence-electron chi connectivity index (χ3n) is 3.82. The molecule has 6 nitrogen and oxygen atoms in total. The van der Waals surface area contributed by atoms with E-state index in [1.165, 1.54) is 6.07 Å². The Labute approximate surface area is 121 Å². The molecule has 1 aliphatic rings. The molecule has 2 atom stereocenters. The maximum Gasteiger partial charge on any atom is 0.295 e. The second-order valence-corrected chi connectivity index (χ2v) is 5.32. The molecule has 1 aromatic carbocycles. The molecule has 0 saturated heterocycles. The number of amides is 1. The van der Waals surface area contributed by atoms with E-state index in [0.717, 1.165) is 37.8 Å². The summed E-state index contributed by atoms with van der Waals surface area (Å²) in [6.07, 6.45) is 4.37. The van der Waals surface area contributed by atoms with Crippen LogP contribution in [0.5, 0.6) is 0 Å². The Hall–Kier alpha value is -2.02. The predicted octanol–water partition coefficient (Wildman–Crippen LogP) is 2.58. The van der Waals surface area contributed by atoms with E-state index in [-0.39, 0.29) is 23.6 Å². The molecule has 1 saturated carbocycles. The summed E-state index contributed by atoms with van der Waals surface area (Å²) in [5.41, 5.74) is 5.55. The van der Waals surface area contributed by atoms with Crippen LogP contribution in [-0.4, -0.2) is 16.9 Å². The van der Waals surface area contributed by atoms with E-state index in [2.05, 4.69) is 5.32 Å². The second-order valence-electron chi connectivity index (χ2n) is 5.32. The van der Waals surface area contributed by atoms with Crippen LogP contribution in [0.4, 0.5) is 15.8 Å². The smallest absolute Gasteiger partial charge is 0.295 e. The number of nitro groups is 1. The number of carbonyl (C=O) groups is 1. The molecule has 2 unspecified atom stereocenters. The van der Waals surface area contributed by atoms with Gasteiger partial charge >= 0.3 is 0 Å². The minimum atomic E-state index is -0.717. The van der Waals surface area contributed by atoms with Crippen LogP contribution in [0.25, 0.3) is 0 Å². The van der Waals surface area contributed by atoms with Crippen molar-refractivity contribution in [2.75, 3.05) is 5.32 Å². The van der Waals surface area contributed by atoms with E-state index < -0.39 is 16.4 Å². The summed E-state index contributed by atoms with van der Waals surface area (Å²) in [6, 6.07) is 2.83. The third-order valence-corrected chi connectivity index (χ3v) is 3.82. The van der Waals surface area contributed by atoms with Crippen molar-refractivity contribution in [2.45, 2.75) is 38.1 Å². The fourth-order valence-corrected chi connectivity index (χ4v) is 2.65. The SMILES string of the molecule is NC1CCCCCC1C(=O)Nc1ccc(F)cc1[N+](=O)[O-]. The Morgan fingerprint density at radius 3 is 2.76 bits per heavy atom. The number of rotatable bonds is 3. The van der Waals surface area contributed by atoms with E-state index in [0.29, 0.717) is 6.42 Å². The third kappa shape index (κ3) is 3.75. The van der Waals surface area contributed by atoms with Gasteiger partial charge in [0, 0.05) is 6.04 Å². The number of nitrogens with two attached hydrogens (primary N) is 1. The van der Waals surface area contributed by atoms with Crippen molar-refractivity contribution in [1.29, 1.82) is 0 Å². The highest BCUT2D eigenvalue weighted by atomic mass is 19.1. The van der Waals surface area contributed by atoms with Gasteiger partial charge in [0.05, 0.1) is 16.9 Å². The minimum Gasteiger partial charge on any atom is -0.327 e. The fourth-order valence-electron chi connectivity index (χ4n) is 2.65. The lowest BCUT2D eigenvalue weighted by molar-refractivity contribution is -0.384. The van der Waals surface area contributed by atoms with Crippen LogP contribution in [-0.2, 0) is 4.79 Å². The molecule has 1 aromatic rings. The highest BCUT2D eigenvalue weighted by Crippen LogP contribution is 2.28. The summed E-state index contributed by atoms with van der Waals surface area (Å²) < 4.78 is 13.1. The zero-order valence-corrected chi connectivity index (χ0v) is 11.5. The highest BCUT2D eigenvalue weighted by molar-refractivity contribution is 5.95. The Balaban J connectivity index is 2.17. The predicted molar refractivity (Wildman–Crippen MR) is 76.2 cm³/mol. The average Bonchev–Trinajstić information content (AvgIpc) is 2.65. The lowest BCUT2D eigenvalue weighted by Crippen LogP contribution is -2.37. The molecule has 21 heavy (non-hydrogen) atoms. The quantitative estimate of drug-likeness (QED) is 0.508. The van der Waals surface area contributed by atoms with Crippen molar-refractivity contribution in [2.24, 2.45) is 11.7 Å². The lowest BCUT2D eigenvalue weighted by Gasteiger charge is -2.20. The van der Waals surface area contributed by atoms with Gasteiger partial charge < -0.3 is 11.1 Å². The molecule has 0 spiro atoms. The highest BCUT2D eigenvalue weighted by Gasteiger charge is 2.28. The molecular formula is C14H18FN3O3. The molecule has 0 heterocycles. The molecule has 0 aliphatic heterocycles. The number of halogens is 1. The number of carbonyl (C=O) groups excluding carboxylic acids is 1. The van der Waals surface area contributed by atoms with Crippen molar-refractivity contribution >= 4 is 17.3 Å². The van der Waals surface area contributed by atoms with Crippen molar-refractivity contribution < 1.29 is 14.1 Å². The Morgan fingerprint density at radius 1 is 1.33 bits per heavy atom.